The molecule has 170 valence electrons. The topological polar surface area (TPSA) is 75.6 Å². The molecule has 7 nitrogen and oxygen atoms in total. The van der Waals surface area contributed by atoms with Gasteiger partial charge in [-0.2, -0.15) is 0 Å². The Balaban J connectivity index is 1.21. The highest BCUT2D eigenvalue weighted by atomic mass is 16.5. The number of ether oxygens (including phenoxy) is 1. The molecule has 2 amide bonds. The molecule has 1 aliphatic heterocycles. The zero-order valence-electron chi connectivity index (χ0n) is 18.6. The predicted molar refractivity (Wildman–Crippen MR) is 121 cm³/mol. The molecular formula is C25H32N4O3. The van der Waals surface area contributed by atoms with Crippen molar-refractivity contribution in [3.05, 3.63) is 54.0 Å². The van der Waals surface area contributed by atoms with Crippen molar-refractivity contribution in [3.63, 3.8) is 0 Å². The third kappa shape index (κ3) is 6.05. The van der Waals surface area contributed by atoms with Gasteiger partial charge in [0.25, 0.3) is 5.91 Å². The molecule has 1 saturated heterocycles. The summed E-state index contributed by atoms with van der Waals surface area (Å²) in [6.07, 6.45) is 11.3. The average molecular weight is 437 g/mol. The fourth-order valence-corrected chi connectivity index (χ4v) is 4.51. The Morgan fingerprint density at radius 3 is 2.41 bits per heavy atom. The van der Waals surface area contributed by atoms with Crippen molar-refractivity contribution in [3.8, 4) is 5.88 Å². The molecule has 2 aromatic rings. The molecule has 1 saturated carbocycles. The van der Waals surface area contributed by atoms with Crippen LogP contribution in [0.4, 0.5) is 0 Å². The first-order chi connectivity index (χ1) is 15.7. The number of aromatic nitrogens is 2. The molecule has 0 unspecified atom stereocenters. The zero-order valence-corrected chi connectivity index (χ0v) is 18.6. The molecule has 0 N–H and O–H groups in total. The largest absolute Gasteiger partial charge is 0.478 e. The average Bonchev–Trinajstić information content (AvgIpc) is 2.85. The molecule has 2 aromatic heterocycles. The lowest BCUT2D eigenvalue weighted by molar-refractivity contribution is -0.132. The summed E-state index contributed by atoms with van der Waals surface area (Å²) in [6.45, 7) is 2.79. The van der Waals surface area contributed by atoms with Crippen LogP contribution in [0, 0.1) is 5.92 Å². The summed E-state index contributed by atoms with van der Waals surface area (Å²) in [6, 6.07) is 9.13. The van der Waals surface area contributed by atoms with Gasteiger partial charge in [0.2, 0.25) is 11.8 Å². The maximum Gasteiger partial charge on any atom is 0.255 e. The highest BCUT2D eigenvalue weighted by Crippen LogP contribution is 2.26. The van der Waals surface area contributed by atoms with Crippen LogP contribution in [0.3, 0.4) is 0 Å². The SMILES string of the molecule is O=C(Cc1ccccn1)N1CCN(C(=O)c2ccc(OCCC3CCCCC3)nc2)CC1. The Hall–Kier alpha value is -2.96. The van der Waals surface area contributed by atoms with Crippen molar-refractivity contribution in [1.82, 2.24) is 19.8 Å². The van der Waals surface area contributed by atoms with E-state index in [4.69, 9.17) is 4.74 Å². The number of piperazine rings is 1. The van der Waals surface area contributed by atoms with E-state index in [1.54, 1.807) is 34.3 Å². The monoisotopic (exact) mass is 436 g/mol. The lowest BCUT2D eigenvalue weighted by Crippen LogP contribution is -2.51. The Bertz CT molecular complexity index is 874. The number of nitrogens with zero attached hydrogens (tertiary/aromatic N) is 4. The van der Waals surface area contributed by atoms with Gasteiger partial charge in [-0.1, -0.05) is 38.2 Å². The van der Waals surface area contributed by atoms with E-state index in [-0.39, 0.29) is 11.8 Å². The second kappa shape index (κ2) is 11.1. The highest BCUT2D eigenvalue weighted by Gasteiger charge is 2.25. The molecule has 0 atom stereocenters. The first kappa shape index (κ1) is 22.2. The smallest absolute Gasteiger partial charge is 0.255 e. The van der Waals surface area contributed by atoms with Crippen LogP contribution in [0.25, 0.3) is 0 Å². The van der Waals surface area contributed by atoms with E-state index in [1.165, 1.54) is 32.1 Å². The number of hydrogen-bond acceptors (Lipinski definition) is 5. The summed E-state index contributed by atoms with van der Waals surface area (Å²) in [5, 5.41) is 0. The van der Waals surface area contributed by atoms with Crippen molar-refractivity contribution in [2.24, 2.45) is 5.92 Å². The maximum absolute atomic E-state index is 12.8. The third-order valence-corrected chi connectivity index (χ3v) is 6.46. The second-order valence-electron chi connectivity index (χ2n) is 8.70. The van der Waals surface area contributed by atoms with Crippen LogP contribution in [0.15, 0.2) is 42.7 Å². The van der Waals surface area contributed by atoms with E-state index in [1.807, 2.05) is 18.2 Å². The number of pyridine rings is 2. The standard InChI is InChI=1S/C25H32N4O3/c30-24(18-22-8-4-5-12-26-22)28-13-15-29(16-14-28)25(31)21-9-10-23(27-19-21)32-17-11-20-6-2-1-3-7-20/h4-5,8-10,12,19-20H,1-3,6-7,11,13-18H2. The molecule has 0 bridgehead atoms. The van der Waals surface area contributed by atoms with Crippen LogP contribution < -0.4 is 4.74 Å². The Labute approximate surface area is 189 Å². The molecule has 7 heteroatoms. The molecule has 1 aliphatic carbocycles. The molecular weight excluding hydrogens is 404 g/mol. The first-order valence-electron chi connectivity index (χ1n) is 11.7. The summed E-state index contributed by atoms with van der Waals surface area (Å²) in [4.78, 5) is 37.5. The summed E-state index contributed by atoms with van der Waals surface area (Å²) >= 11 is 0. The van der Waals surface area contributed by atoms with Gasteiger partial charge < -0.3 is 14.5 Å². The second-order valence-corrected chi connectivity index (χ2v) is 8.70. The molecule has 0 spiro atoms. The molecule has 3 heterocycles. The van der Waals surface area contributed by atoms with Gasteiger partial charge in [-0.25, -0.2) is 4.98 Å². The van der Waals surface area contributed by atoms with E-state index >= 15 is 0 Å². The van der Waals surface area contributed by atoms with E-state index in [0.29, 0.717) is 50.7 Å². The Morgan fingerprint density at radius 1 is 0.938 bits per heavy atom. The van der Waals surface area contributed by atoms with Crippen molar-refractivity contribution < 1.29 is 14.3 Å². The summed E-state index contributed by atoms with van der Waals surface area (Å²) < 4.78 is 5.79. The van der Waals surface area contributed by atoms with Gasteiger partial charge in [-0.05, 0) is 30.5 Å². The van der Waals surface area contributed by atoms with Crippen LogP contribution in [0.5, 0.6) is 5.88 Å². The summed E-state index contributed by atoms with van der Waals surface area (Å²) in [7, 11) is 0. The van der Waals surface area contributed by atoms with Crippen molar-refractivity contribution in [2.45, 2.75) is 44.9 Å². The normalized spacial score (nSPS) is 17.2. The molecule has 0 aromatic carbocycles. The molecule has 2 fully saturated rings. The zero-order chi connectivity index (χ0) is 22.2. The molecule has 0 radical (unpaired) electrons. The van der Waals surface area contributed by atoms with Crippen LogP contribution in [0.1, 0.15) is 54.6 Å². The van der Waals surface area contributed by atoms with Crippen molar-refractivity contribution in [1.29, 1.82) is 0 Å². The van der Waals surface area contributed by atoms with Gasteiger partial charge in [0.1, 0.15) is 0 Å². The fourth-order valence-electron chi connectivity index (χ4n) is 4.51. The minimum Gasteiger partial charge on any atom is -0.478 e. The van der Waals surface area contributed by atoms with E-state index in [0.717, 1.165) is 18.0 Å². The van der Waals surface area contributed by atoms with Gasteiger partial charge in [-0.3, -0.25) is 14.6 Å². The van der Waals surface area contributed by atoms with Gasteiger partial charge in [0.05, 0.1) is 18.6 Å². The number of carbonyl (C=O) groups is 2. The fraction of sp³-hybridized carbons (Fsp3) is 0.520. The quantitative estimate of drug-likeness (QED) is 0.665. The first-order valence-corrected chi connectivity index (χ1v) is 11.7. The minimum absolute atomic E-state index is 0.0483. The lowest BCUT2D eigenvalue weighted by atomic mass is 9.87. The van der Waals surface area contributed by atoms with E-state index < -0.39 is 0 Å². The minimum atomic E-state index is -0.0527. The highest BCUT2D eigenvalue weighted by molar-refractivity contribution is 5.94. The van der Waals surface area contributed by atoms with Gasteiger partial charge in [0.15, 0.2) is 0 Å². The van der Waals surface area contributed by atoms with Gasteiger partial charge in [0, 0.05) is 50.3 Å². The number of hydrogen-bond donors (Lipinski definition) is 0. The maximum atomic E-state index is 12.8. The van der Waals surface area contributed by atoms with E-state index in [9.17, 15) is 9.59 Å². The number of rotatable bonds is 7. The molecule has 32 heavy (non-hydrogen) atoms. The van der Waals surface area contributed by atoms with Crippen molar-refractivity contribution in [2.75, 3.05) is 32.8 Å². The predicted octanol–water partition coefficient (Wildman–Crippen LogP) is 3.35. The van der Waals surface area contributed by atoms with Crippen LogP contribution in [-0.2, 0) is 11.2 Å². The Morgan fingerprint density at radius 2 is 1.72 bits per heavy atom. The Kier molecular flexibility index (Phi) is 7.69. The van der Waals surface area contributed by atoms with Crippen LogP contribution in [-0.4, -0.2) is 64.4 Å². The number of amides is 2. The molecule has 2 aliphatic rings. The van der Waals surface area contributed by atoms with Crippen LogP contribution in [0.2, 0.25) is 0 Å². The number of carbonyl (C=O) groups excluding carboxylic acids is 2. The van der Waals surface area contributed by atoms with E-state index in [2.05, 4.69) is 9.97 Å². The summed E-state index contributed by atoms with van der Waals surface area (Å²) in [5.74, 6) is 1.34. The molecule has 4 rings (SSSR count). The summed E-state index contributed by atoms with van der Waals surface area (Å²) in [5.41, 5.74) is 1.32. The van der Waals surface area contributed by atoms with Gasteiger partial charge in [-0.15, -0.1) is 0 Å². The van der Waals surface area contributed by atoms with Crippen molar-refractivity contribution >= 4 is 11.8 Å². The van der Waals surface area contributed by atoms with Crippen LogP contribution >= 0.6 is 0 Å². The lowest BCUT2D eigenvalue weighted by Gasteiger charge is -2.34. The van der Waals surface area contributed by atoms with Gasteiger partial charge >= 0.3 is 0 Å². The third-order valence-electron chi connectivity index (χ3n) is 6.46.